The Morgan fingerprint density at radius 2 is 1.81 bits per heavy atom. The minimum absolute atomic E-state index is 0.108. The van der Waals surface area contributed by atoms with Gasteiger partial charge in [-0.3, -0.25) is 15.0 Å². The number of esters is 1. The van der Waals surface area contributed by atoms with Gasteiger partial charge in [-0.2, -0.15) is 10.4 Å². The number of piperazine rings is 1. The number of ether oxygens (including phenoxy) is 1. The van der Waals surface area contributed by atoms with E-state index in [1.54, 1.807) is 0 Å². The Kier molecular flexibility index (Phi) is 10.1. The quantitative estimate of drug-likeness (QED) is 0.0988. The van der Waals surface area contributed by atoms with Crippen molar-refractivity contribution in [1.29, 1.82) is 5.26 Å². The molecule has 0 aliphatic carbocycles. The molecule has 0 radical (unpaired) electrons. The SMILES string of the molecule is C=CC(=O)OCCCCCCN1CCN(c2ccc(N=Nc3ccc([N+](=O)[O-])cc3C#N)cc2)CC1. The molecule has 0 aromatic heterocycles. The van der Waals surface area contributed by atoms with E-state index in [9.17, 15) is 20.2 Å². The van der Waals surface area contributed by atoms with Gasteiger partial charge < -0.3 is 9.64 Å². The van der Waals surface area contributed by atoms with Gasteiger partial charge in [-0.05, 0) is 49.7 Å². The fourth-order valence-corrected chi connectivity index (χ4v) is 3.91. The van der Waals surface area contributed by atoms with Crippen LogP contribution in [0.3, 0.4) is 0 Å². The number of benzene rings is 2. The lowest BCUT2D eigenvalue weighted by molar-refractivity contribution is -0.384. The van der Waals surface area contributed by atoms with Crippen molar-refractivity contribution in [3.63, 3.8) is 0 Å². The van der Waals surface area contributed by atoms with E-state index in [4.69, 9.17) is 4.74 Å². The van der Waals surface area contributed by atoms with Gasteiger partial charge in [0.15, 0.2) is 0 Å². The number of nitriles is 1. The van der Waals surface area contributed by atoms with Crippen LogP contribution in [-0.2, 0) is 9.53 Å². The predicted molar refractivity (Wildman–Crippen MR) is 137 cm³/mol. The van der Waals surface area contributed by atoms with Crippen molar-refractivity contribution in [1.82, 2.24) is 4.90 Å². The Balaban J connectivity index is 1.41. The molecule has 3 rings (SSSR count). The van der Waals surface area contributed by atoms with Crippen molar-refractivity contribution in [2.24, 2.45) is 10.2 Å². The fourth-order valence-electron chi connectivity index (χ4n) is 3.91. The molecular weight excluding hydrogens is 460 g/mol. The molecular formula is C26H30N6O4. The highest BCUT2D eigenvalue weighted by Crippen LogP contribution is 2.27. The molecule has 36 heavy (non-hydrogen) atoms. The van der Waals surface area contributed by atoms with Crippen molar-refractivity contribution in [2.45, 2.75) is 25.7 Å². The molecule has 0 amide bonds. The van der Waals surface area contributed by atoms with E-state index in [1.807, 2.05) is 30.3 Å². The third-order valence-electron chi connectivity index (χ3n) is 5.95. The summed E-state index contributed by atoms with van der Waals surface area (Å²) in [6.07, 6.45) is 5.39. The first-order valence-corrected chi connectivity index (χ1v) is 12.0. The second kappa shape index (κ2) is 13.7. The van der Waals surface area contributed by atoms with Crippen LogP contribution in [0.15, 0.2) is 65.3 Å². The highest BCUT2D eigenvalue weighted by atomic mass is 16.6. The van der Waals surface area contributed by atoms with Gasteiger partial charge in [0.25, 0.3) is 5.69 Å². The molecule has 0 spiro atoms. The molecule has 0 saturated carbocycles. The van der Waals surface area contributed by atoms with E-state index in [0.29, 0.717) is 18.0 Å². The lowest BCUT2D eigenvalue weighted by Crippen LogP contribution is -2.46. The van der Waals surface area contributed by atoms with Crippen LogP contribution in [0.1, 0.15) is 31.2 Å². The van der Waals surface area contributed by atoms with E-state index in [2.05, 4.69) is 26.6 Å². The van der Waals surface area contributed by atoms with Gasteiger partial charge in [0.05, 0.1) is 22.8 Å². The van der Waals surface area contributed by atoms with E-state index in [1.165, 1.54) is 24.3 Å². The normalized spacial score (nSPS) is 13.9. The molecule has 188 valence electrons. The maximum absolute atomic E-state index is 11.0. The lowest BCUT2D eigenvalue weighted by atomic mass is 10.1. The number of non-ortho nitro benzene ring substituents is 1. The molecule has 0 atom stereocenters. The zero-order valence-electron chi connectivity index (χ0n) is 20.2. The van der Waals surface area contributed by atoms with Crippen molar-refractivity contribution < 1.29 is 14.5 Å². The minimum Gasteiger partial charge on any atom is -0.463 e. The molecule has 1 aliphatic rings. The highest BCUT2D eigenvalue weighted by molar-refractivity contribution is 5.81. The van der Waals surface area contributed by atoms with Crippen LogP contribution in [0, 0.1) is 21.4 Å². The number of hydrogen-bond acceptors (Lipinski definition) is 9. The van der Waals surface area contributed by atoms with Gasteiger partial charge in [-0.1, -0.05) is 19.4 Å². The van der Waals surface area contributed by atoms with Crippen LogP contribution in [0.2, 0.25) is 0 Å². The number of nitro groups is 1. The van der Waals surface area contributed by atoms with Crippen molar-refractivity contribution in [3.8, 4) is 6.07 Å². The number of azo groups is 1. The van der Waals surface area contributed by atoms with Crippen LogP contribution in [0.5, 0.6) is 0 Å². The lowest BCUT2D eigenvalue weighted by Gasteiger charge is -2.36. The van der Waals surface area contributed by atoms with Gasteiger partial charge in [0.2, 0.25) is 0 Å². The Labute approximate surface area is 210 Å². The summed E-state index contributed by atoms with van der Waals surface area (Å²) in [6.45, 7) is 8.84. The molecule has 1 aliphatic heterocycles. The number of anilines is 1. The molecule has 10 heteroatoms. The van der Waals surface area contributed by atoms with Crippen molar-refractivity contribution >= 4 is 28.7 Å². The van der Waals surface area contributed by atoms with Gasteiger partial charge in [-0.15, -0.1) is 5.11 Å². The number of carbonyl (C=O) groups is 1. The zero-order chi connectivity index (χ0) is 25.8. The maximum Gasteiger partial charge on any atom is 0.330 e. The van der Waals surface area contributed by atoms with E-state index < -0.39 is 4.92 Å². The van der Waals surface area contributed by atoms with Gasteiger partial charge in [0, 0.05) is 50.1 Å². The number of hydrogen-bond donors (Lipinski definition) is 0. The average Bonchev–Trinajstić information content (AvgIpc) is 2.91. The monoisotopic (exact) mass is 490 g/mol. The highest BCUT2D eigenvalue weighted by Gasteiger charge is 2.17. The minimum atomic E-state index is -0.547. The third-order valence-corrected chi connectivity index (χ3v) is 5.95. The summed E-state index contributed by atoms with van der Waals surface area (Å²) in [5.41, 5.74) is 2.00. The van der Waals surface area contributed by atoms with Crippen LogP contribution >= 0.6 is 0 Å². The summed E-state index contributed by atoms with van der Waals surface area (Å²) < 4.78 is 4.99. The molecule has 2 aromatic rings. The topological polar surface area (TPSA) is 124 Å². The zero-order valence-corrected chi connectivity index (χ0v) is 20.2. The molecule has 0 bridgehead atoms. The second-order valence-electron chi connectivity index (χ2n) is 8.40. The van der Waals surface area contributed by atoms with E-state index >= 15 is 0 Å². The van der Waals surface area contributed by atoms with Gasteiger partial charge in [-0.25, -0.2) is 4.79 Å². The summed E-state index contributed by atoms with van der Waals surface area (Å²) in [5.74, 6) is -0.358. The number of nitro benzene ring substituents is 1. The smallest absolute Gasteiger partial charge is 0.330 e. The fraction of sp³-hybridized carbons (Fsp3) is 0.385. The Bertz CT molecular complexity index is 1120. The Morgan fingerprint density at radius 3 is 2.47 bits per heavy atom. The summed E-state index contributed by atoms with van der Waals surface area (Å²) >= 11 is 0. The summed E-state index contributed by atoms with van der Waals surface area (Å²) in [4.78, 5) is 26.2. The first-order chi connectivity index (χ1) is 17.5. The van der Waals surface area contributed by atoms with Crippen LogP contribution in [0.25, 0.3) is 0 Å². The van der Waals surface area contributed by atoms with Crippen LogP contribution in [0.4, 0.5) is 22.7 Å². The Morgan fingerprint density at radius 1 is 1.08 bits per heavy atom. The molecule has 0 unspecified atom stereocenters. The number of nitrogens with zero attached hydrogens (tertiary/aromatic N) is 6. The predicted octanol–water partition coefficient (Wildman–Crippen LogP) is 5.29. The number of rotatable bonds is 12. The molecule has 1 fully saturated rings. The van der Waals surface area contributed by atoms with Gasteiger partial charge >= 0.3 is 5.97 Å². The molecule has 10 nitrogen and oxygen atoms in total. The van der Waals surface area contributed by atoms with Gasteiger partial charge in [0.1, 0.15) is 11.8 Å². The molecule has 1 saturated heterocycles. The average molecular weight is 491 g/mol. The third kappa shape index (κ3) is 7.99. The molecule has 1 heterocycles. The Hall–Kier alpha value is -4.10. The molecule has 0 N–H and O–H groups in total. The van der Waals surface area contributed by atoms with Crippen molar-refractivity contribution in [2.75, 3.05) is 44.2 Å². The molecule has 2 aromatic carbocycles. The van der Waals surface area contributed by atoms with Crippen LogP contribution in [-0.4, -0.2) is 55.1 Å². The number of unbranched alkanes of at least 4 members (excludes halogenated alkanes) is 3. The van der Waals surface area contributed by atoms with E-state index in [-0.39, 0.29) is 17.2 Å². The summed E-state index contributed by atoms with van der Waals surface area (Å²) in [5, 5.41) is 28.4. The first-order valence-electron chi connectivity index (χ1n) is 12.0. The summed E-state index contributed by atoms with van der Waals surface area (Å²) in [7, 11) is 0. The number of carbonyl (C=O) groups excluding carboxylic acids is 1. The largest absolute Gasteiger partial charge is 0.463 e. The standard InChI is InChI=1S/C26H30N6O4/c1-2-26(33)36-18-6-4-3-5-13-30-14-16-31(17-15-30)23-9-7-22(8-10-23)28-29-25-12-11-24(32(34)35)19-21(25)20-27/h2,7-12,19H,1,3-6,13-18H2. The van der Waals surface area contributed by atoms with E-state index in [0.717, 1.165) is 64.1 Å². The maximum atomic E-state index is 11.0. The summed E-state index contributed by atoms with van der Waals surface area (Å²) in [6, 6.07) is 13.6. The van der Waals surface area contributed by atoms with Crippen LogP contribution < -0.4 is 4.90 Å². The van der Waals surface area contributed by atoms with Crippen molar-refractivity contribution in [3.05, 3.63) is 70.8 Å². The first kappa shape index (κ1) is 26.5. The second-order valence-corrected chi connectivity index (χ2v) is 8.40.